The van der Waals surface area contributed by atoms with E-state index >= 15 is 0 Å². The number of rotatable bonds is 3. The van der Waals surface area contributed by atoms with Gasteiger partial charge in [-0.15, -0.1) is 10.5 Å². The summed E-state index contributed by atoms with van der Waals surface area (Å²) in [7, 11) is 0. The summed E-state index contributed by atoms with van der Waals surface area (Å²) in [6, 6.07) is 23.1. The molecule has 4 rings (SSSR count). The average Bonchev–Trinajstić information content (AvgIpc) is 2.68. The van der Waals surface area contributed by atoms with Gasteiger partial charge in [0.05, 0.1) is 0 Å². The molecule has 26 heavy (non-hydrogen) atoms. The zero-order valence-electron chi connectivity index (χ0n) is 13.6. The molecule has 0 aliphatic heterocycles. The first-order chi connectivity index (χ1) is 12.8. The molecule has 122 valence electrons. The number of nitriles is 2. The predicted molar refractivity (Wildman–Crippen MR) is 99.4 cm³/mol. The lowest BCUT2D eigenvalue weighted by Crippen LogP contribution is -1.90. The van der Waals surface area contributed by atoms with Crippen molar-refractivity contribution < 1.29 is 9.47 Å². The van der Waals surface area contributed by atoms with E-state index in [0.29, 0.717) is 11.5 Å². The van der Waals surface area contributed by atoms with E-state index in [1.807, 2.05) is 66.7 Å². The molecule has 4 nitrogen and oxygen atoms in total. The lowest BCUT2D eigenvalue weighted by Gasteiger charge is -2.13. The van der Waals surface area contributed by atoms with Gasteiger partial charge in [0.15, 0.2) is 0 Å². The highest BCUT2D eigenvalue weighted by atomic mass is 16.5. The van der Waals surface area contributed by atoms with Gasteiger partial charge in [0.1, 0.15) is 11.5 Å². The molecule has 0 saturated heterocycles. The Kier molecular flexibility index (Phi) is 3.86. The fourth-order valence-electron chi connectivity index (χ4n) is 3.26. The molecule has 0 bridgehead atoms. The van der Waals surface area contributed by atoms with Crippen molar-refractivity contribution >= 4 is 21.5 Å². The molecule has 0 amide bonds. The highest BCUT2D eigenvalue weighted by Gasteiger charge is 2.13. The van der Waals surface area contributed by atoms with Gasteiger partial charge in [-0.05, 0) is 51.6 Å². The van der Waals surface area contributed by atoms with Crippen molar-refractivity contribution in [3.63, 3.8) is 0 Å². The monoisotopic (exact) mass is 336 g/mol. The number of nitrogens with zero attached hydrogens (tertiary/aromatic N) is 2. The average molecular weight is 336 g/mol. The minimum atomic E-state index is 0.489. The van der Waals surface area contributed by atoms with E-state index in [4.69, 9.17) is 20.0 Å². The van der Waals surface area contributed by atoms with Crippen LogP contribution in [0.15, 0.2) is 72.8 Å². The fourth-order valence-corrected chi connectivity index (χ4v) is 3.26. The Hall–Kier alpha value is -4.02. The Morgan fingerprint density at radius 1 is 0.615 bits per heavy atom. The Labute approximate surface area is 150 Å². The van der Waals surface area contributed by atoms with Crippen molar-refractivity contribution in [3.05, 3.63) is 72.8 Å². The van der Waals surface area contributed by atoms with Crippen LogP contribution in [0.3, 0.4) is 0 Å². The molecule has 4 heteroatoms. The van der Waals surface area contributed by atoms with Gasteiger partial charge in [0.2, 0.25) is 0 Å². The Morgan fingerprint density at radius 2 is 1.31 bits per heavy atom. The second-order valence-electron chi connectivity index (χ2n) is 5.74. The smallest absolute Gasteiger partial charge is 0.292 e. The molecular weight excluding hydrogens is 324 g/mol. The molecule has 0 spiro atoms. The molecule has 4 aromatic carbocycles. The lowest BCUT2D eigenvalue weighted by atomic mass is 9.93. The first-order valence-electron chi connectivity index (χ1n) is 7.98. The first-order valence-corrected chi connectivity index (χ1v) is 7.98. The number of hydrogen-bond donors (Lipinski definition) is 0. The van der Waals surface area contributed by atoms with E-state index in [1.165, 1.54) is 0 Å². The largest absolute Gasteiger partial charge is 0.388 e. The van der Waals surface area contributed by atoms with Crippen LogP contribution in [0.5, 0.6) is 11.5 Å². The third-order valence-electron chi connectivity index (χ3n) is 4.33. The maximum absolute atomic E-state index is 8.90. The molecule has 0 aromatic heterocycles. The summed E-state index contributed by atoms with van der Waals surface area (Å²) in [6.45, 7) is 0. The number of ether oxygens (including phenoxy) is 2. The molecule has 0 radical (unpaired) electrons. The van der Waals surface area contributed by atoms with Crippen molar-refractivity contribution in [2.75, 3.05) is 0 Å². The number of benzene rings is 4. The summed E-state index contributed by atoms with van der Waals surface area (Å²) in [5.74, 6) is 1.00. The summed E-state index contributed by atoms with van der Waals surface area (Å²) in [6.07, 6.45) is 3.47. The molecule has 0 aliphatic rings. The minimum Gasteiger partial charge on any atom is -0.388 e. The molecule has 0 N–H and O–H groups in total. The SMILES string of the molecule is N#COc1cc(-c2ccc(OC#N)c3ccccc23)c2ccccc2c1. The van der Waals surface area contributed by atoms with Crippen molar-refractivity contribution in [3.8, 4) is 35.1 Å². The van der Waals surface area contributed by atoms with Gasteiger partial charge in [-0.25, -0.2) is 0 Å². The minimum absolute atomic E-state index is 0.489. The predicted octanol–water partition coefficient (Wildman–Crippen LogP) is 5.38. The van der Waals surface area contributed by atoms with Gasteiger partial charge in [-0.1, -0.05) is 48.5 Å². The second-order valence-corrected chi connectivity index (χ2v) is 5.74. The summed E-state index contributed by atoms with van der Waals surface area (Å²) >= 11 is 0. The molecule has 4 aromatic rings. The van der Waals surface area contributed by atoms with E-state index in [-0.39, 0.29) is 0 Å². The maximum Gasteiger partial charge on any atom is 0.292 e. The van der Waals surface area contributed by atoms with Crippen LogP contribution in [0.4, 0.5) is 0 Å². The Balaban J connectivity index is 2.06. The quantitative estimate of drug-likeness (QED) is 0.471. The molecule has 0 unspecified atom stereocenters. The van der Waals surface area contributed by atoms with Crippen LogP contribution >= 0.6 is 0 Å². The van der Waals surface area contributed by atoms with Crippen molar-refractivity contribution in [2.24, 2.45) is 0 Å². The lowest BCUT2D eigenvalue weighted by molar-refractivity contribution is 0.508. The van der Waals surface area contributed by atoms with Crippen molar-refractivity contribution in [2.45, 2.75) is 0 Å². The fraction of sp³-hybridized carbons (Fsp3) is 0. The van der Waals surface area contributed by atoms with Gasteiger partial charge in [-0.2, -0.15) is 0 Å². The number of hydrogen-bond acceptors (Lipinski definition) is 4. The van der Waals surface area contributed by atoms with Crippen LogP contribution in [0.2, 0.25) is 0 Å². The third-order valence-corrected chi connectivity index (χ3v) is 4.33. The van der Waals surface area contributed by atoms with Crippen LogP contribution in [0.1, 0.15) is 0 Å². The topological polar surface area (TPSA) is 66.0 Å². The second kappa shape index (κ2) is 6.47. The van der Waals surface area contributed by atoms with Crippen LogP contribution in [0, 0.1) is 23.0 Å². The highest BCUT2D eigenvalue weighted by molar-refractivity contribution is 6.07. The normalized spacial score (nSPS) is 10.2. The molecule has 0 atom stereocenters. The third kappa shape index (κ3) is 2.56. The molecular formula is C22H12N2O2. The van der Waals surface area contributed by atoms with E-state index < -0.39 is 0 Å². The van der Waals surface area contributed by atoms with Gasteiger partial charge < -0.3 is 9.47 Å². The van der Waals surface area contributed by atoms with Crippen LogP contribution in [-0.4, -0.2) is 0 Å². The summed E-state index contributed by atoms with van der Waals surface area (Å²) in [5, 5.41) is 21.6. The van der Waals surface area contributed by atoms with Crippen LogP contribution in [-0.2, 0) is 0 Å². The van der Waals surface area contributed by atoms with Gasteiger partial charge in [0.25, 0.3) is 12.5 Å². The summed E-state index contributed by atoms with van der Waals surface area (Å²) < 4.78 is 10.2. The molecule has 0 saturated carbocycles. The highest BCUT2D eigenvalue weighted by Crippen LogP contribution is 2.39. The Morgan fingerprint density at radius 3 is 2.08 bits per heavy atom. The zero-order chi connectivity index (χ0) is 17.9. The first kappa shape index (κ1) is 15.5. The molecule has 0 fully saturated rings. The van der Waals surface area contributed by atoms with E-state index in [0.717, 1.165) is 32.7 Å². The summed E-state index contributed by atoms with van der Waals surface area (Å²) in [5.41, 5.74) is 1.93. The molecule has 0 heterocycles. The van der Waals surface area contributed by atoms with Gasteiger partial charge in [0, 0.05) is 5.39 Å². The van der Waals surface area contributed by atoms with E-state index in [9.17, 15) is 0 Å². The molecule has 0 aliphatic carbocycles. The Bertz CT molecular complexity index is 1220. The van der Waals surface area contributed by atoms with Crippen molar-refractivity contribution in [1.82, 2.24) is 0 Å². The van der Waals surface area contributed by atoms with E-state index in [2.05, 4.69) is 0 Å². The number of fused-ring (bicyclic) bond motifs is 2. The van der Waals surface area contributed by atoms with E-state index in [1.54, 1.807) is 18.6 Å². The zero-order valence-corrected chi connectivity index (χ0v) is 13.6. The van der Waals surface area contributed by atoms with Crippen molar-refractivity contribution in [1.29, 1.82) is 10.5 Å². The van der Waals surface area contributed by atoms with Crippen LogP contribution in [0.25, 0.3) is 32.7 Å². The van der Waals surface area contributed by atoms with Gasteiger partial charge in [-0.3, -0.25) is 0 Å². The standard InChI is InChI=1S/C22H12N2O2/c23-13-25-16-11-15-5-1-2-6-17(15)21(12-16)19-9-10-22(26-14-24)20-8-4-3-7-18(19)20/h1-12H. The van der Waals surface area contributed by atoms with Gasteiger partial charge >= 0.3 is 0 Å². The summed E-state index contributed by atoms with van der Waals surface area (Å²) in [4.78, 5) is 0. The maximum atomic E-state index is 8.90. The van der Waals surface area contributed by atoms with Crippen LogP contribution < -0.4 is 9.47 Å².